The maximum Gasteiger partial charge on any atom is 0.304 e. The van der Waals surface area contributed by atoms with Gasteiger partial charge in [0.1, 0.15) is 0 Å². The number of para-hydroxylation sites is 1. The van der Waals surface area contributed by atoms with Crippen LogP contribution >= 0.6 is 0 Å². The molecular weight excluding hydrogens is 266 g/mol. The van der Waals surface area contributed by atoms with Gasteiger partial charge in [-0.15, -0.1) is 0 Å². The van der Waals surface area contributed by atoms with E-state index in [1.165, 1.54) is 6.42 Å². The molecule has 4 heteroatoms. The van der Waals surface area contributed by atoms with E-state index in [-0.39, 0.29) is 18.2 Å². The van der Waals surface area contributed by atoms with Gasteiger partial charge >= 0.3 is 5.97 Å². The molecule has 0 saturated heterocycles. The Morgan fingerprint density at radius 2 is 1.81 bits per heavy atom. The normalized spacial score (nSPS) is 18.7. The minimum Gasteiger partial charge on any atom is -0.481 e. The zero-order valence-corrected chi connectivity index (χ0v) is 12.5. The fourth-order valence-corrected chi connectivity index (χ4v) is 3.26. The first-order chi connectivity index (χ1) is 10.0. The van der Waals surface area contributed by atoms with Crippen molar-refractivity contribution in [2.75, 3.05) is 5.32 Å². The van der Waals surface area contributed by atoms with Crippen LogP contribution in [0.4, 0.5) is 5.69 Å². The summed E-state index contributed by atoms with van der Waals surface area (Å²) in [4.78, 5) is 23.9. The van der Waals surface area contributed by atoms with Crippen molar-refractivity contribution in [3.05, 3.63) is 30.3 Å². The topological polar surface area (TPSA) is 66.4 Å². The van der Waals surface area contributed by atoms with Crippen LogP contribution in [0.15, 0.2) is 30.3 Å². The monoisotopic (exact) mass is 289 g/mol. The maximum absolute atomic E-state index is 12.7. The number of hydrogen-bond acceptors (Lipinski definition) is 2. The first kappa shape index (κ1) is 15.5. The molecule has 1 fully saturated rings. The largest absolute Gasteiger partial charge is 0.481 e. The molecule has 1 aliphatic carbocycles. The SMILES string of the molecule is CC(CC(=O)O)(C(=O)Nc1ccccc1)C1CCCCC1. The number of carboxylic acids is 1. The minimum atomic E-state index is -0.911. The number of anilines is 1. The van der Waals surface area contributed by atoms with Crippen LogP contribution in [0.25, 0.3) is 0 Å². The van der Waals surface area contributed by atoms with Gasteiger partial charge in [-0.1, -0.05) is 37.5 Å². The number of benzene rings is 1. The van der Waals surface area contributed by atoms with Crippen molar-refractivity contribution in [3.8, 4) is 0 Å². The molecule has 1 amide bonds. The predicted octanol–water partition coefficient (Wildman–Crippen LogP) is 3.69. The molecular formula is C17H23NO3. The van der Waals surface area contributed by atoms with E-state index in [4.69, 9.17) is 0 Å². The molecule has 1 aliphatic rings. The fraction of sp³-hybridized carbons (Fsp3) is 0.529. The van der Waals surface area contributed by atoms with Crippen molar-refractivity contribution in [3.63, 3.8) is 0 Å². The summed E-state index contributed by atoms with van der Waals surface area (Å²) in [6.07, 6.45) is 5.10. The van der Waals surface area contributed by atoms with E-state index in [1.54, 1.807) is 6.92 Å². The molecule has 1 aromatic carbocycles. The highest BCUT2D eigenvalue weighted by molar-refractivity contribution is 5.97. The summed E-state index contributed by atoms with van der Waals surface area (Å²) < 4.78 is 0. The lowest BCUT2D eigenvalue weighted by molar-refractivity contribution is -0.145. The van der Waals surface area contributed by atoms with Gasteiger partial charge in [-0.05, 0) is 37.8 Å². The smallest absolute Gasteiger partial charge is 0.304 e. The number of rotatable bonds is 5. The van der Waals surface area contributed by atoms with Crippen LogP contribution in [0.1, 0.15) is 45.4 Å². The molecule has 1 atom stereocenters. The molecule has 0 spiro atoms. The third-order valence-corrected chi connectivity index (χ3v) is 4.58. The molecule has 0 aromatic heterocycles. The average molecular weight is 289 g/mol. The molecule has 0 radical (unpaired) electrons. The van der Waals surface area contributed by atoms with Crippen LogP contribution in [-0.4, -0.2) is 17.0 Å². The summed E-state index contributed by atoms with van der Waals surface area (Å²) in [7, 11) is 0. The molecule has 2 rings (SSSR count). The average Bonchev–Trinajstić information content (AvgIpc) is 2.48. The molecule has 21 heavy (non-hydrogen) atoms. The van der Waals surface area contributed by atoms with Gasteiger partial charge in [0, 0.05) is 5.69 Å². The number of carbonyl (C=O) groups is 2. The van der Waals surface area contributed by atoms with Crippen LogP contribution in [0.5, 0.6) is 0 Å². The maximum atomic E-state index is 12.7. The van der Waals surface area contributed by atoms with E-state index < -0.39 is 11.4 Å². The Morgan fingerprint density at radius 3 is 2.38 bits per heavy atom. The van der Waals surface area contributed by atoms with Crippen molar-refractivity contribution in [1.82, 2.24) is 0 Å². The summed E-state index contributed by atoms with van der Waals surface area (Å²) >= 11 is 0. The van der Waals surface area contributed by atoms with E-state index in [2.05, 4.69) is 5.32 Å². The zero-order chi connectivity index (χ0) is 15.3. The Hall–Kier alpha value is -1.84. The number of carbonyl (C=O) groups excluding carboxylic acids is 1. The molecule has 1 saturated carbocycles. The van der Waals surface area contributed by atoms with Gasteiger partial charge in [0.05, 0.1) is 11.8 Å². The first-order valence-electron chi connectivity index (χ1n) is 7.60. The molecule has 0 aliphatic heterocycles. The van der Waals surface area contributed by atoms with Crippen molar-refractivity contribution < 1.29 is 14.7 Å². The Morgan fingerprint density at radius 1 is 1.19 bits per heavy atom. The lowest BCUT2D eigenvalue weighted by Crippen LogP contribution is -2.42. The second-order valence-electron chi connectivity index (χ2n) is 6.14. The second-order valence-corrected chi connectivity index (χ2v) is 6.14. The standard InChI is InChI=1S/C17H23NO3/c1-17(12-15(19)20,13-8-4-2-5-9-13)16(21)18-14-10-6-3-7-11-14/h3,6-7,10-11,13H,2,4-5,8-9,12H2,1H3,(H,18,21)(H,19,20). The summed E-state index contributed by atoms with van der Waals surface area (Å²) in [5.41, 5.74) is -0.128. The molecule has 0 heterocycles. The molecule has 1 aromatic rings. The van der Waals surface area contributed by atoms with E-state index >= 15 is 0 Å². The van der Waals surface area contributed by atoms with E-state index in [0.29, 0.717) is 0 Å². The van der Waals surface area contributed by atoms with Crippen LogP contribution in [0.2, 0.25) is 0 Å². The molecule has 2 N–H and O–H groups in total. The molecule has 1 unspecified atom stereocenters. The Balaban J connectivity index is 2.17. The van der Waals surface area contributed by atoms with Crippen molar-refractivity contribution in [2.24, 2.45) is 11.3 Å². The van der Waals surface area contributed by atoms with E-state index in [9.17, 15) is 14.7 Å². The van der Waals surface area contributed by atoms with Crippen LogP contribution in [0, 0.1) is 11.3 Å². The third kappa shape index (κ3) is 3.84. The highest BCUT2D eigenvalue weighted by atomic mass is 16.4. The van der Waals surface area contributed by atoms with Gasteiger partial charge < -0.3 is 10.4 Å². The van der Waals surface area contributed by atoms with Crippen LogP contribution in [-0.2, 0) is 9.59 Å². The van der Waals surface area contributed by atoms with Gasteiger partial charge in [-0.25, -0.2) is 0 Å². The highest BCUT2D eigenvalue weighted by Gasteiger charge is 2.43. The quantitative estimate of drug-likeness (QED) is 0.868. The van der Waals surface area contributed by atoms with Gasteiger partial charge in [-0.2, -0.15) is 0 Å². The summed E-state index contributed by atoms with van der Waals surface area (Å²) in [6.45, 7) is 1.80. The van der Waals surface area contributed by atoms with Gasteiger partial charge in [0.2, 0.25) is 5.91 Å². The lowest BCUT2D eigenvalue weighted by atomic mass is 9.67. The van der Waals surface area contributed by atoms with E-state index in [1.807, 2.05) is 30.3 Å². The van der Waals surface area contributed by atoms with Crippen molar-refractivity contribution >= 4 is 17.6 Å². The Bertz CT molecular complexity index is 494. The summed E-state index contributed by atoms with van der Waals surface area (Å²) in [5.74, 6) is -0.944. The van der Waals surface area contributed by atoms with Crippen LogP contribution in [0.3, 0.4) is 0 Å². The van der Waals surface area contributed by atoms with Crippen LogP contribution < -0.4 is 5.32 Å². The molecule has 4 nitrogen and oxygen atoms in total. The minimum absolute atomic E-state index is 0.115. The van der Waals surface area contributed by atoms with E-state index in [0.717, 1.165) is 31.4 Å². The summed E-state index contributed by atoms with van der Waals surface area (Å²) in [6, 6.07) is 9.22. The number of aliphatic carboxylic acids is 1. The number of nitrogens with one attached hydrogen (secondary N) is 1. The summed E-state index contributed by atoms with van der Waals surface area (Å²) in [5, 5.41) is 12.1. The highest BCUT2D eigenvalue weighted by Crippen LogP contribution is 2.41. The van der Waals surface area contributed by atoms with Crippen molar-refractivity contribution in [1.29, 1.82) is 0 Å². The molecule has 0 bridgehead atoms. The van der Waals surface area contributed by atoms with Crippen molar-refractivity contribution in [2.45, 2.75) is 45.4 Å². The van der Waals surface area contributed by atoms with Gasteiger partial charge in [0.15, 0.2) is 0 Å². The molecule has 114 valence electrons. The number of carboxylic acid groups (broad SMARTS) is 1. The number of hydrogen-bond donors (Lipinski definition) is 2. The van der Waals surface area contributed by atoms with Gasteiger partial charge in [0.25, 0.3) is 0 Å². The second kappa shape index (κ2) is 6.74. The zero-order valence-electron chi connectivity index (χ0n) is 12.5. The number of amides is 1. The Kier molecular flexibility index (Phi) is 4.99. The lowest BCUT2D eigenvalue weighted by Gasteiger charge is -2.37. The predicted molar refractivity (Wildman–Crippen MR) is 82.0 cm³/mol. The Labute approximate surface area is 125 Å². The first-order valence-corrected chi connectivity index (χ1v) is 7.60. The fourth-order valence-electron chi connectivity index (χ4n) is 3.26. The van der Waals surface area contributed by atoms with Gasteiger partial charge in [-0.3, -0.25) is 9.59 Å². The third-order valence-electron chi connectivity index (χ3n) is 4.58.